The fourth-order valence-electron chi connectivity index (χ4n) is 4.42. The molecule has 0 radical (unpaired) electrons. The number of aliphatic hydroxyl groups is 1. The number of phosphoric ester groups is 1. The topological polar surface area (TPSA) is 181 Å². The summed E-state index contributed by atoms with van der Waals surface area (Å²) in [5.74, 6) is -2.35. The maximum atomic E-state index is 12.6. The highest BCUT2D eigenvalue weighted by atomic mass is 31.2. The minimum atomic E-state index is -4.77. The lowest BCUT2D eigenvalue weighted by Gasteiger charge is -2.22. The molecule has 276 valence electrons. The zero-order chi connectivity index (χ0) is 35.2. The third-order valence-corrected chi connectivity index (χ3v) is 8.05. The van der Waals surface area contributed by atoms with E-state index in [-0.39, 0.29) is 32.5 Å². The van der Waals surface area contributed by atoms with Crippen LogP contribution < -0.4 is 0 Å². The minimum Gasteiger partial charge on any atom is -0.462 e. The van der Waals surface area contributed by atoms with Crippen LogP contribution in [0, 0.1) is 0 Å². The van der Waals surface area contributed by atoms with Crippen LogP contribution in [0.4, 0.5) is 0 Å². The molecule has 47 heavy (non-hydrogen) atoms. The molecule has 0 bridgehead atoms. The number of esters is 4. The summed E-state index contributed by atoms with van der Waals surface area (Å²) < 4.78 is 43.4. The fraction of sp³-hybridized carbons (Fsp3) is 0.879. The molecular weight excluding hydrogens is 635 g/mol. The molecule has 14 heteroatoms. The number of unbranched alkanes of at least 4 members (excludes halogenated alkanes) is 13. The van der Waals surface area contributed by atoms with Gasteiger partial charge in [-0.15, -0.1) is 0 Å². The van der Waals surface area contributed by atoms with Crippen molar-refractivity contribution in [1.29, 1.82) is 0 Å². The second kappa shape index (κ2) is 30.0. The van der Waals surface area contributed by atoms with E-state index in [1.807, 2.05) is 6.92 Å². The van der Waals surface area contributed by atoms with E-state index in [0.717, 1.165) is 32.1 Å². The first-order valence-electron chi connectivity index (χ1n) is 17.4. The van der Waals surface area contributed by atoms with Crippen LogP contribution in [0.25, 0.3) is 0 Å². The largest absolute Gasteiger partial charge is 0.472 e. The van der Waals surface area contributed by atoms with E-state index in [1.54, 1.807) is 0 Å². The summed E-state index contributed by atoms with van der Waals surface area (Å²) in [6, 6.07) is 0. The molecule has 2 unspecified atom stereocenters. The van der Waals surface area contributed by atoms with Crippen LogP contribution in [0.2, 0.25) is 0 Å². The van der Waals surface area contributed by atoms with E-state index >= 15 is 0 Å². The van der Waals surface area contributed by atoms with Crippen molar-refractivity contribution in [2.45, 2.75) is 155 Å². The molecule has 3 atom stereocenters. The minimum absolute atomic E-state index is 0.0435. The van der Waals surface area contributed by atoms with Crippen LogP contribution in [-0.2, 0) is 51.7 Å². The van der Waals surface area contributed by atoms with Crippen molar-refractivity contribution in [2.24, 2.45) is 0 Å². The van der Waals surface area contributed by atoms with Gasteiger partial charge in [0.05, 0.1) is 13.2 Å². The molecule has 0 aliphatic heterocycles. The van der Waals surface area contributed by atoms with Gasteiger partial charge in [0.2, 0.25) is 0 Å². The Morgan fingerprint density at radius 1 is 0.553 bits per heavy atom. The molecule has 0 aliphatic rings. The first-order valence-corrected chi connectivity index (χ1v) is 18.9. The molecule has 0 aromatic carbocycles. The zero-order valence-corrected chi connectivity index (χ0v) is 29.9. The van der Waals surface area contributed by atoms with E-state index in [2.05, 4.69) is 6.92 Å². The SMILES string of the molecule is CCCCCCCCCCCCCC(=O)O[C@H](COC(C)=O)COP(=O)(O)OCC(COC(=O)CCCCO)OC(=O)CCCCC. The summed E-state index contributed by atoms with van der Waals surface area (Å²) in [7, 11) is -4.77. The molecule has 0 aromatic heterocycles. The molecule has 0 fully saturated rings. The van der Waals surface area contributed by atoms with Gasteiger partial charge in [-0.05, 0) is 25.7 Å². The second-order valence-corrected chi connectivity index (χ2v) is 13.1. The van der Waals surface area contributed by atoms with E-state index in [4.69, 9.17) is 33.1 Å². The van der Waals surface area contributed by atoms with E-state index in [9.17, 15) is 28.6 Å². The fourth-order valence-corrected chi connectivity index (χ4v) is 5.20. The number of carbonyl (C=O) groups excluding carboxylic acids is 4. The first-order chi connectivity index (χ1) is 22.5. The van der Waals surface area contributed by atoms with Gasteiger partial charge >= 0.3 is 31.7 Å². The van der Waals surface area contributed by atoms with Gasteiger partial charge in [-0.2, -0.15) is 0 Å². The molecule has 0 rings (SSSR count). The van der Waals surface area contributed by atoms with E-state index < -0.39 is 63.7 Å². The van der Waals surface area contributed by atoms with Gasteiger partial charge in [-0.3, -0.25) is 28.2 Å². The Kier molecular flexibility index (Phi) is 28.7. The Balaban J connectivity index is 4.79. The van der Waals surface area contributed by atoms with Crippen molar-refractivity contribution in [2.75, 3.05) is 33.0 Å². The van der Waals surface area contributed by atoms with Crippen LogP contribution in [0.15, 0.2) is 0 Å². The predicted octanol–water partition coefficient (Wildman–Crippen LogP) is 6.49. The number of hydrogen-bond acceptors (Lipinski definition) is 12. The molecule has 13 nitrogen and oxygen atoms in total. The van der Waals surface area contributed by atoms with Gasteiger partial charge < -0.3 is 28.9 Å². The summed E-state index contributed by atoms with van der Waals surface area (Å²) in [5.41, 5.74) is 0. The highest BCUT2D eigenvalue weighted by Crippen LogP contribution is 2.43. The first kappa shape index (κ1) is 45.0. The number of ether oxygens (including phenoxy) is 4. The number of phosphoric acid groups is 1. The summed E-state index contributed by atoms with van der Waals surface area (Å²) in [6.07, 6.45) is 13.5. The molecule has 0 amide bonds. The normalized spacial score (nSPS) is 13.7. The van der Waals surface area contributed by atoms with Crippen molar-refractivity contribution >= 4 is 31.7 Å². The van der Waals surface area contributed by atoms with Gasteiger partial charge in [0, 0.05) is 32.8 Å². The molecule has 2 N–H and O–H groups in total. The number of aliphatic hydroxyl groups excluding tert-OH is 1. The average Bonchev–Trinajstić information content (AvgIpc) is 3.02. The monoisotopic (exact) mass is 696 g/mol. The van der Waals surface area contributed by atoms with Gasteiger partial charge in [0.15, 0.2) is 12.2 Å². The molecular formula is C33H61O13P. The molecule has 0 spiro atoms. The van der Waals surface area contributed by atoms with Gasteiger partial charge in [0.1, 0.15) is 13.2 Å². The number of hydrogen-bond donors (Lipinski definition) is 2. The Morgan fingerprint density at radius 2 is 0.936 bits per heavy atom. The Labute approximate surface area is 281 Å². The smallest absolute Gasteiger partial charge is 0.462 e. The second-order valence-electron chi connectivity index (χ2n) is 11.7. The molecule has 0 saturated heterocycles. The van der Waals surface area contributed by atoms with Gasteiger partial charge in [0.25, 0.3) is 0 Å². The van der Waals surface area contributed by atoms with Crippen molar-refractivity contribution in [3.63, 3.8) is 0 Å². The standard InChI is InChI=1S/C33H61O13P/c1-4-6-8-9-10-11-12-13-14-15-17-22-33(38)45-29(24-41-28(3)35)26-43-47(39,40)44-27-30(46-32(37)21-16-7-5-2)25-42-31(36)20-18-19-23-34/h29-30,34H,4-27H2,1-3H3,(H,39,40)/t29-,30?/m1/s1. The molecule has 0 aromatic rings. The highest BCUT2D eigenvalue weighted by molar-refractivity contribution is 7.47. The van der Waals surface area contributed by atoms with Gasteiger partial charge in [-0.1, -0.05) is 90.9 Å². The van der Waals surface area contributed by atoms with Crippen LogP contribution in [0.1, 0.15) is 143 Å². The maximum Gasteiger partial charge on any atom is 0.472 e. The molecule has 0 heterocycles. The third kappa shape index (κ3) is 29.8. The van der Waals surface area contributed by atoms with Crippen LogP contribution in [-0.4, -0.2) is 79.1 Å². The summed E-state index contributed by atoms with van der Waals surface area (Å²) in [5, 5.41) is 8.87. The lowest BCUT2D eigenvalue weighted by molar-refractivity contribution is -0.162. The third-order valence-electron chi connectivity index (χ3n) is 7.10. The predicted molar refractivity (Wildman–Crippen MR) is 175 cm³/mol. The van der Waals surface area contributed by atoms with Crippen LogP contribution >= 0.6 is 7.82 Å². The summed E-state index contributed by atoms with van der Waals surface area (Å²) >= 11 is 0. The Bertz CT molecular complexity index is 883. The Morgan fingerprint density at radius 3 is 1.40 bits per heavy atom. The average molecular weight is 697 g/mol. The van der Waals surface area contributed by atoms with Gasteiger partial charge in [-0.25, -0.2) is 4.57 Å². The van der Waals surface area contributed by atoms with E-state index in [0.29, 0.717) is 25.7 Å². The number of rotatable bonds is 32. The molecule has 0 aliphatic carbocycles. The van der Waals surface area contributed by atoms with Crippen LogP contribution in [0.3, 0.4) is 0 Å². The zero-order valence-electron chi connectivity index (χ0n) is 29.0. The summed E-state index contributed by atoms with van der Waals surface area (Å²) in [6.45, 7) is 3.27. The Hall–Kier alpha value is -2.05. The number of carbonyl (C=O) groups is 4. The summed E-state index contributed by atoms with van der Waals surface area (Å²) in [4.78, 5) is 58.2. The van der Waals surface area contributed by atoms with Crippen molar-refractivity contribution < 1.29 is 61.7 Å². The van der Waals surface area contributed by atoms with Crippen molar-refractivity contribution in [3.8, 4) is 0 Å². The van der Waals surface area contributed by atoms with Crippen molar-refractivity contribution in [1.82, 2.24) is 0 Å². The lowest BCUT2D eigenvalue weighted by atomic mass is 10.1. The van der Waals surface area contributed by atoms with E-state index in [1.165, 1.54) is 51.9 Å². The quantitative estimate of drug-likeness (QED) is 0.0337. The maximum absolute atomic E-state index is 12.6. The lowest BCUT2D eigenvalue weighted by Crippen LogP contribution is -2.31. The molecule has 0 saturated carbocycles. The highest BCUT2D eigenvalue weighted by Gasteiger charge is 2.29. The van der Waals surface area contributed by atoms with Crippen LogP contribution in [0.5, 0.6) is 0 Å². The van der Waals surface area contributed by atoms with Crippen molar-refractivity contribution in [3.05, 3.63) is 0 Å².